The van der Waals surface area contributed by atoms with Crippen molar-refractivity contribution in [3.63, 3.8) is 0 Å². The predicted octanol–water partition coefficient (Wildman–Crippen LogP) is 4.19. The molecule has 0 atom stereocenters. The third kappa shape index (κ3) is 5.86. The van der Waals surface area contributed by atoms with E-state index >= 15 is 0 Å². The van der Waals surface area contributed by atoms with Gasteiger partial charge in [0, 0.05) is 31.4 Å². The zero-order valence-electron chi connectivity index (χ0n) is 17.4. The van der Waals surface area contributed by atoms with Crippen molar-refractivity contribution < 1.29 is 14.3 Å². The summed E-state index contributed by atoms with van der Waals surface area (Å²) in [7, 11) is 0. The highest BCUT2D eigenvalue weighted by Gasteiger charge is 2.14. The highest BCUT2D eigenvalue weighted by molar-refractivity contribution is 5.94. The lowest BCUT2D eigenvalue weighted by Gasteiger charge is -2.16. The van der Waals surface area contributed by atoms with Gasteiger partial charge >= 0.3 is 0 Å². The number of nitrogens with zero attached hydrogens (tertiary/aromatic N) is 2. The van der Waals surface area contributed by atoms with E-state index in [-0.39, 0.29) is 5.91 Å². The van der Waals surface area contributed by atoms with E-state index < -0.39 is 0 Å². The average Bonchev–Trinajstić information content (AvgIpc) is 3.28. The number of nitrogens with one attached hydrogen (secondary N) is 1. The number of aromatic nitrogens is 1. The molecule has 1 fully saturated rings. The van der Waals surface area contributed by atoms with Crippen LogP contribution in [0.3, 0.4) is 0 Å². The number of unbranched alkanes of at least 4 members (excludes halogenated alkanes) is 1. The summed E-state index contributed by atoms with van der Waals surface area (Å²) in [5.41, 5.74) is 1.53. The molecular formula is C23H31N3O3. The first-order valence-electron chi connectivity index (χ1n) is 10.6. The van der Waals surface area contributed by atoms with Gasteiger partial charge in [-0.15, -0.1) is 0 Å². The molecule has 1 aliphatic rings. The molecule has 6 heteroatoms. The van der Waals surface area contributed by atoms with Crippen LogP contribution in [0.1, 0.15) is 55.5 Å². The van der Waals surface area contributed by atoms with Crippen LogP contribution >= 0.6 is 0 Å². The van der Waals surface area contributed by atoms with E-state index in [2.05, 4.69) is 22.1 Å². The van der Waals surface area contributed by atoms with Crippen molar-refractivity contribution in [2.45, 2.75) is 46.1 Å². The van der Waals surface area contributed by atoms with Crippen LogP contribution in [0.25, 0.3) is 0 Å². The number of benzene rings is 1. The minimum atomic E-state index is -0.144. The van der Waals surface area contributed by atoms with Crippen molar-refractivity contribution in [3.05, 3.63) is 47.7 Å². The van der Waals surface area contributed by atoms with Crippen LogP contribution in [0.15, 0.2) is 36.5 Å². The summed E-state index contributed by atoms with van der Waals surface area (Å²) in [5.74, 6) is 2.15. The Bertz CT molecular complexity index is 786. The van der Waals surface area contributed by atoms with Crippen molar-refractivity contribution in [2.75, 3.05) is 31.2 Å². The lowest BCUT2D eigenvalue weighted by atomic mass is 10.1. The molecular weight excluding hydrogens is 366 g/mol. The molecule has 0 bridgehead atoms. The Hall–Kier alpha value is -2.76. The SMILES string of the molecule is CCCCOc1ccc(C(=O)NCc2ccc(N3CCCC3)nc2)cc1OCC. The zero-order valence-corrected chi connectivity index (χ0v) is 17.4. The second-order valence-corrected chi connectivity index (χ2v) is 7.20. The third-order valence-electron chi connectivity index (χ3n) is 4.95. The van der Waals surface area contributed by atoms with Crippen LogP contribution in [-0.2, 0) is 6.54 Å². The molecule has 0 spiro atoms. The fraction of sp³-hybridized carbons (Fsp3) is 0.478. The van der Waals surface area contributed by atoms with Gasteiger partial charge in [0.1, 0.15) is 5.82 Å². The first-order chi connectivity index (χ1) is 14.2. The summed E-state index contributed by atoms with van der Waals surface area (Å²) < 4.78 is 11.4. The van der Waals surface area contributed by atoms with E-state index in [0.717, 1.165) is 37.3 Å². The first-order valence-corrected chi connectivity index (χ1v) is 10.6. The maximum atomic E-state index is 12.6. The Morgan fingerprint density at radius 2 is 1.93 bits per heavy atom. The monoisotopic (exact) mass is 397 g/mol. The lowest BCUT2D eigenvalue weighted by Crippen LogP contribution is -2.23. The van der Waals surface area contributed by atoms with Crippen molar-refractivity contribution in [2.24, 2.45) is 0 Å². The van der Waals surface area contributed by atoms with Crippen LogP contribution in [0.4, 0.5) is 5.82 Å². The van der Waals surface area contributed by atoms with Gasteiger partial charge in [0.2, 0.25) is 0 Å². The summed E-state index contributed by atoms with van der Waals surface area (Å²) in [4.78, 5) is 19.4. The minimum absolute atomic E-state index is 0.144. The van der Waals surface area contributed by atoms with Gasteiger partial charge in [-0.25, -0.2) is 4.98 Å². The predicted molar refractivity (Wildman–Crippen MR) is 115 cm³/mol. The molecule has 1 N–H and O–H groups in total. The van der Waals surface area contributed by atoms with Gasteiger partial charge in [0.15, 0.2) is 11.5 Å². The van der Waals surface area contributed by atoms with Crippen LogP contribution < -0.4 is 19.7 Å². The van der Waals surface area contributed by atoms with Gasteiger partial charge in [0.05, 0.1) is 13.2 Å². The number of anilines is 1. The summed E-state index contributed by atoms with van der Waals surface area (Å²) in [5, 5.41) is 2.96. The molecule has 0 unspecified atom stereocenters. The average molecular weight is 398 g/mol. The van der Waals surface area contributed by atoms with E-state index in [1.54, 1.807) is 12.1 Å². The molecule has 0 saturated carbocycles. The number of carbonyl (C=O) groups is 1. The van der Waals surface area contributed by atoms with Gasteiger partial charge < -0.3 is 19.7 Å². The molecule has 6 nitrogen and oxygen atoms in total. The van der Waals surface area contributed by atoms with E-state index in [1.807, 2.05) is 31.3 Å². The molecule has 3 rings (SSSR count). The molecule has 0 aliphatic carbocycles. The molecule has 29 heavy (non-hydrogen) atoms. The van der Waals surface area contributed by atoms with Gasteiger partial charge in [-0.05, 0) is 56.0 Å². The Kier molecular flexibility index (Phi) is 7.73. The van der Waals surface area contributed by atoms with Crippen LogP contribution in [0.2, 0.25) is 0 Å². The largest absolute Gasteiger partial charge is 0.490 e. The second-order valence-electron chi connectivity index (χ2n) is 7.20. The minimum Gasteiger partial charge on any atom is -0.490 e. The van der Waals surface area contributed by atoms with Crippen LogP contribution in [-0.4, -0.2) is 37.2 Å². The molecule has 1 aromatic carbocycles. The van der Waals surface area contributed by atoms with Gasteiger partial charge in [-0.1, -0.05) is 19.4 Å². The first kappa shape index (κ1) is 21.0. The Morgan fingerprint density at radius 1 is 1.10 bits per heavy atom. The van der Waals surface area contributed by atoms with Crippen LogP contribution in [0.5, 0.6) is 11.5 Å². The molecule has 2 aromatic rings. The quantitative estimate of drug-likeness (QED) is 0.609. The van der Waals surface area contributed by atoms with Gasteiger partial charge in [-0.3, -0.25) is 4.79 Å². The zero-order chi connectivity index (χ0) is 20.5. The number of rotatable bonds is 10. The number of pyridine rings is 1. The summed E-state index contributed by atoms with van der Waals surface area (Å²) in [6, 6.07) is 9.38. The molecule has 1 amide bonds. The fourth-order valence-electron chi connectivity index (χ4n) is 3.30. The fourth-order valence-corrected chi connectivity index (χ4v) is 3.30. The summed E-state index contributed by atoms with van der Waals surface area (Å²) >= 11 is 0. The van der Waals surface area contributed by atoms with E-state index in [9.17, 15) is 4.79 Å². The maximum absolute atomic E-state index is 12.6. The normalized spacial score (nSPS) is 13.4. The lowest BCUT2D eigenvalue weighted by molar-refractivity contribution is 0.0950. The van der Waals surface area contributed by atoms with E-state index in [0.29, 0.717) is 36.8 Å². The third-order valence-corrected chi connectivity index (χ3v) is 4.95. The molecule has 2 heterocycles. The Labute approximate surface area is 173 Å². The van der Waals surface area contributed by atoms with E-state index in [1.165, 1.54) is 12.8 Å². The topological polar surface area (TPSA) is 63.7 Å². The van der Waals surface area contributed by atoms with Crippen LogP contribution in [0, 0.1) is 0 Å². The van der Waals surface area contributed by atoms with Gasteiger partial charge in [-0.2, -0.15) is 0 Å². The summed E-state index contributed by atoms with van der Waals surface area (Å²) in [6.45, 7) is 7.78. The van der Waals surface area contributed by atoms with Gasteiger partial charge in [0.25, 0.3) is 5.91 Å². The standard InChI is InChI=1S/C23H31N3O3/c1-3-5-14-29-20-10-9-19(15-21(20)28-4-2)23(27)25-17-18-8-11-22(24-16-18)26-12-6-7-13-26/h8-11,15-16H,3-7,12-14,17H2,1-2H3,(H,25,27). The highest BCUT2D eigenvalue weighted by Crippen LogP contribution is 2.29. The second kappa shape index (κ2) is 10.7. The highest BCUT2D eigenvalue weighted by atomic mass is 16.5. The van der Waals surface area contributed by atoms with Crippen molar-refractivity contribution in [1.82, 2.24) is 10.3 Å². The van der Waals surface area contributed by atoms with Crippen molar-refractivity contribution in [1.29, 1.82) is 0 Å². The molecule has 1 saturated heterocycles. The van der Waals surface area contributed by atoms with Crippen molar-refractivity contribution >= 4 is 11.7 Å². The molecule has 0 radical (unpaired) electrons. The smallest absolute Gasteiger partial charge is 0.251 e. The van der Waals surface area contributed by atoms with E-state index in [4.69, 9.17) is 9.47 Å². The number of hydrogen-bond donors (Lipinski definition) is 1. The molecule has 156 valence electrons. The number of hydrogen-bond acceptors (Lipinski definition) is 5. The number of amides is 1. The summed E-state index contributed by atoms with van der Waals surface area (Å²) in [6.07, 6.45) is 6.35. The number of ether oxygens (including phenoxy) is 2. The maximum Gasteiger partial charge on any atom is 0.251 e. The Balaban J connectivity index is 1.58. The molecule has 1 aromatic heterocycles. The number of carbonyl (C=O) groups excluding carboxylic acids is 1. The van der Waals surface area contributed by atoms with Crippen molar-refractivity contribution in [3.8, 4) is 11.5 Å². The Morgan fingerprint density at radius 3 is 2.62 bits per heavy atom. The molecule has 1 aliphatic heterocycles.